The van der Waals surface area contributed by atoms with Gasteiger partial charge in [0.1, 0.15) is 18.6 Å². The van der Waals surface area contributed by atoms with Gasteiger partial charge in [-0.15, -0.1) is 0 Å². The van der Waals surface area contributed by atoms with Crippen molar-refractivity contribution in [3.8, 4) is 16.9 Å². The monoisotopic (exact) mass is 288 g/mol. The normalized spacial score (nSPS) is 10.2. The molecule has 0 heterocycles. The lowest BCUT2D eigenvalue weighted by molar-refractivity contribution is 0.112. The van der Waals surface area contributed by atoms with Gasteiger partial charge in [-0.2, -0.15) is 0 Å². The Hall–Kier alpha value is -2.87. The van der Waals surface area contributed by atoms with E-state index < -0.39 is 0 Å². The Morgan fingerprint density at radius 1 is 0.773 bits per heavy atom. The van der Waals surface area contributed by atoms with Gasteiger partial charge in [0.25, 0.3) is 0 Å². The third-order valence-corrected chi connectivity index (χ3v) is 3.46. The van der Waals surface area contributed by atoms with Crippen LogP contribution in [0.1, 0.15) is 15.9 Å². The van der Waals surface area contributed by atoms with E-state index >= 15 is 0 Å². The number of rotatable bonds is 5. The van der Waals surface area contributed by atoms with Gasteiger partial charge in [0.15, 0.2) is 0 Å². The molecule has 0 amide bonds. The molecule has 0 atom stereocenters. The fourth-order valence-electron chi connectivity index (χ4n) is 2.28. The van der Waals surface area contributed by atoms with Gasteiger partial charge in [0.2, 0.25) is 0 Å². The summed E-state index contributed by atoms with van der Waals surface area (Å²) in [5, 5.41) is 0. The van der Waals surface area contributed by atoms with Crippen LogP contribution in [0.15, 0.2) is 78.9 Å². The molecule has 108 valence electrons. The van der Waals surface area contributed by atoms with Crippen molar-refractivity contribution in [3.63, 3.8) is 0 Å². The lowest BCUT2D eigenvalue weighted by Crippen LogP contribution is -1.94. The number of hydrogen-bond acceptors (Lipinski definition) is 2. The van der Waals surface area contributed by atoms with Crippen molar-refractivity contribution >= 4 is 6.29 Å². The number of hydrogen-bond donors (Lipinski definition) is 0. The third-order valence-electron chi connectivity index (χ3n) is 3.46. The zero-order valence-electron chi connectivity index (χ0n) is 12.1. The van der Waals surface area contributed by atoms with E-state index in [0.29, 0.717) is 12.2 Å². The van der Waals surface area contributed by atoms with Crippen LogP contribution in [-0.4, -0.2) is 6.29 Å². The molecule has 3 aromatic carbocycles. The van der Waals surface area contributed by atoms with Crippen molar-refractivity contribution < 1.29 is 9.53 Å². The van der Waals surface area contributed by atoms with Crippen molar-refractivity contribution in [1.82, 2.24) is 0 Å². The number of carbonyl (C=O) groups is 1. The van der Waals surface area contributed by atoms with Gasteiger partial charge < -0.3 is 4.74 Å². The molecule has 0 radical (unpaired) electrons. The number of carbonyl (C=O) groups excluding carboxylic acids is 1. The fourth-order valence-corrected chi connectivity index (χ4v) is 2.28. The highest BCUT2D eigenvalue weighted by atomic mass is 16.5. The van der Waals surface area contributed by atoms with Crippen molar-refractivity contribution in [2.45, 2.75) is 6.61 Å². The molecular weight excluding hydrogens is 272 g/mol. The third kappa shape index (κ3) is 3.41. The SMILES string of the molecule is O=Cc1cccc(-c2ccc(OCc3ccccc3)cc2)c1. The Bertz CT molecular complexity index is 746. The summed E-state index contributed by atoms with van der Waals surface area (Å²) in [5.74, 6) is 0.833. The molecule has 0 aromatic heterocycles. The summed E-state index contributed by atoms with van der Waals surface area (Å²) in [5.41, 5.74) is 3.92. The molecule has 3 aromatic rings. The Morgan fingerprint density at radius 3 is 2.27 bits per heavy atom. The summed E-state index contributed by atoms with van der Waals surface area (Å²) >= 11 is 0. The molecule has 0 bridgehead atoms. The van der Waals surface area contributed by atoms with Crippen LogP contribution in [0.4, 0.5) is 0 Å². The summed E-state index contributed by atoms with van der Waals surface area (Å²) in [7, 11) is 0. The minimum Gasteiger partial charge on any atom is -0.489 e. The zero-order valence-corrected chi connectivity index (χ0v) is 12.1. The zero-order chi connectivity index (χ0) is 15.2. The Labute approximate surface area is 130 Å². The maximum absolute atomic E-state index is 10.8. The summed E-state index contributed by atoms with van der Waals surface area (Å²) in [6, 6.07) is 25.5. The van der Waals surface area contributed by atoms with E-state index in [9.17, 15) is 4.79 Å². The van der Waals surface area contributed by atoms with E-state index in [1.54, 1.807) is 6.07 Å². The minimum absolute atomic E-state index is 0.556. The van der Waals surface area contributed by atoms with E-state index in [2.05, 4.69) is 0 Å². The Kier molecular flexibility index (Phi) is 4.30. The Balaban J connectivity index is 1.71. The molecule has 2 heteroatoms. The van der Waals surface area contributed by atoms with Crippen LogP contribution in [0.25, 0.3) is 11.1 Å². The molecule has 0 aliphatic heterocycles. The van der Waals surface area contributed by atoms with Crippen molar-refractivity contribution in [3.05, 3.63) is 90.0 Å². The van der Waals surface area contributed by atoms with Gasteiger partial charge >= 0.3 is 0 Å². The molecular formula is C20H16O2. The molecule has 0 saturated carbocycles. The molecule has 0 aliphatic carbocycles. The molecule has 0 spiro atoms. The van der Waals surface area contributed by atoms with Crippen molar-refractivity contribution in [2.75, 3.05) is 0 Å². The summed E-state index contributed by atoms with van der Waals surface area (Å²) in [6.07, 6.45) is 0.862. The number of aldehydes is 1. The summed E-state index contributed by atoms with van der Waals surface area (Å²) < 4.78 is 5.77. The van der Waals surface area contributed by atoms with E-state index in [1.165, 1.54) is 0 Å². The van der Waals surface area contributed by atoms with Crippen LogP contribution in [0, 0.1) is 0 Å². The van der Waals surface area contributed by atoms with Crippen LogP contribution in [0.2, 0.25) is 0 Å². The molecule has 22 heavy (non-hydrogen) atoms. The molecule has 0 aliphatic rings. The molecule has 0 fully saturated rings. The first-order valence-corrected chi connectivity index (χ1v) is 7.17. The number of benzene rings is 3. The van der Waals surface area contributed by atoms with Crippen LogP contribution in [0.5, 0.6) is 5.75 Å². The number of ether oxygens (including phenoxy) is 1. The highest BCUT2D eigenvalue weighted by Crippen LogP contribution is 2.23. The van der Waals surface area contributed by atoms with Crippen LogP contribution in [0.3, 0.4) is 0 Å². The van der Waals surface area contributed by atoms with Crippen LogP contribution in [-0.2, 0) is 6.61 Å². The molecule has 0 saturated heterocycles. The second-order valence-corrected chi connectivity index (χ2v) is 5.04. The molecule has 0 N–H and O–H groups in total. The average Bonchev–Trinajstić information content (AvgIpc) is 2.61. The highest BCUT2D eigenvalue weighted by molar-refractivity contribution is 5.78. The van der Waals surface area contributed by atoms with E-state index in [1.807, 2.05) is 72.8 Å². The van der Waals surface area contributed by atoms with Crippen molar-refractivity contribution in [1.29, 1.82) is 0 Å². The Morgan fingerprint density at radius 2 is 1.55 bits per heavy atom. The summed E-state index contributed by atoms with van der Waals surface area (Å²) in [4.78, 5) is 10.8. The van der Waals surface area contributed by atoms with E-state index in [4.69, 9.17) is 4.74 Å². The smallest absolute Gasteiger partial charge is 0.150 e. The minimum atomic E-state index is 0.556. The highest BCUT2D eigenvalue weighted by Gasteiger charge is 2.00. The van der Waals surface area contributed by atoms with Gasteiger partial charge in [-0.05, 0) is 34.9 Å². The summed E-state index contributed by atoms with van der Waals surface area (Å²) in [6.45, 7) is 0.556. The average molecular weight is 288 g/mol. The van der Waals surface area contributed by atoms with Gasteiger partial charge in [0, 0.05) is 5.56 Å². The van der Waals surface area contributed by atoms with Gasteiger partial charge in [0.05, 0.1) is 0 Å². The molecule has 2 nitrogen and oxygen atoms in total. The van der Waals surface area contributed by atoms with Crippen molar-refractivity contribution in [2.24, 2.45) is 0 Å². The fraction of sp³-hybridized carbons (Fsp3) is 0.0500. The lowest BCUT2D eigenvalue weighted by atomic mass is 10.0. The predicted molar refractivity (Wildman–Crippen MR) is 88.0 cm³/mol. The second kappa shape index (κ2) is 6.72. The van der Waals surface area contributed by atoms with E-state index in [-0.39, 0.29) is 0 Å². The second-order valence-electron chi connectivity index (χ2n) is 5.04. The molecule has 0 unspecified atom stereocenters. The quantitative estimate of drug-likeness (QED) is 0.634. The predicted octanol–water partition coefficient (Wildman–Crippen LogP) is 4.75. The first-order valence-electron chi connectivity index (χ1n) is 7.17. The lowest BCUT2D eigenvalue weighted by Gasteiger charge is -2.08. The first kappa shape index (κ1) is 14.1. The van der Waals surface area contributed by atoms with Gasteiger partial charge in [-0.1, -0.05) is 60.7 Å². The molecule has 3 rings (SSSR count). The first-order chi connectivity index (χ1) is 10.8. The van der Waals surface area contributed by atoms with Gasteiger partial charge in [-0.25, -0.2) is 0 Å². The van der Waals surface area contributed by atoms with Crippen LogP contribution >= 0.6 is 0 Å². The maximum Gasteiger partial charge on any atom is 0.150 e. The largest absolute Gasteiger partial charge is 0.489 e. The van der Waals surface area contributed by atoms with Crippen LogP contribution < -0.4 is 4.74 Å². The standard InChI is InChI=1S/C20H16O2/c21-14-17-7-4-8-19(13-17)18-9-11-20(12-10-18)22-15-16-5-2-1-3-6-16/h1-14H,15H2. The maximum atomic E-state index is 10.8. The topological polar surface area (TPSA) is 26.3 Å². The van der Waals surface area contributed by atoms with Gasteiger partial charge in [-0.3, -0.25) is 4.79 Å². The van der Waals surface area contributed by atoms with E-state index in [0.717, 1.165) is 28.7 Å².